The minimum Gasteiger partial charge on any atom is -0.106 e. The molecule has 0 spiro atoms. The van der Waals surface area contributed by atoms with E-state index in [9.17, 15) is 0 Å². The topological polar surface area (TPSA) is 0 Å². The first-order chi connectivity index (χ1) is 11.9. The Morgan fingerprint density at radius 2 is 0.875 bits per heavy atom. The molecule has 0 fully saturated rings. The van der Waals surface area contributed by atoms with Gasteiger partial charge in [-0.2, -0.15) is 0 Å². The minimum absolute atomic E-state index is 1.41. The lowest BCUT2D eigenvalue weighted by molar-refractivity contribution is 1.72. The fraction of sp³-hybridized carbons (Fsp3) is 0. The molecule has 0 bridgehead atoms. The third kappa shape index (κ3) is 2.51. The monoisotopic (exact) mass is 345 g/mol. The predicted octanol–water partition coefficient (Wildman–Crippen LogP) is 4.37. The number of benzene rings is 3. The molecule has 0 unspecified atom stereocenters. The van der Waals surface area contributed by atoms with E-state index in [2.05, 4.69) is 109 Å². The van der Waals surface area contributed by atoms with Gasteiger partial charge < -0.3 is 0 Å². The fourth-order valence-corrected chi connectivity index (χ4v) is 9.29. The Morgan fingerprint density at radius 3 is 1.21 bits per heavy atom. The summed E-state index contributed by atoms with van der Waals surface area (Å²) in [5.74, 6) is 0. The molecule has 4 aromatic rings. The molecule has 4 rings (SSSR count). The highest BCUT2D eigenvalue weighted by Gasteiger charge is 2.48. The van der Waals surface area contributed by atoms with Crippen molar-refractivity contribution in [1.29, 1.82) is 0 Å². The quantitative estimate of drug-likeness (QED) is 0.482. The molecule has 2 heteroatoms. The van der Waals surface area contributed by atoms with Crippen LogP contribution in [-0.2, 0) is 0 Å². The van der Waals surface area contributed by atoms with Gasteiger partial charge in [0.05, 0.1) is 0 Å². The van der Waals surface area contributed by atoms with Crippen LogP contribution in [-0.4, -0.2) is 0 Å². The van der Waals surface area contributed by atoms with Gasteiger partial charge in [0.1, 0.15) is 15.9 Å². The highest BCUT2D eigenvalue weighted by molar-refractivity contribution is 8.04. The van der Waals surface area contributed by atoms with E-state index < -0.39 is 7.26 Å². The lowest BCUT2D eigenvalue weighted by Gasteiger charge is -2.25. The number of hydrogen-bond acceptors (Lipinski definition) is 1. The fourth-order valence-electron chi connectivity index (χ4n) is 3.24. The van der Waals surface area contributed by atoms with Gasteiger partial charge in [-0.25, -0.2) is 0 Å². The van der Waals surface area contributed by atoms with Crippen LogP contribution in [0.3, 0.4) is 0 Å². The van der Waals surface area contributed by atoms with E-state index in [4.69, 9.17) is 0 Å². The Hall–Kier alpha value is -2.21. The SMILES string of the molecule is c1ccc([P+](c2ccccc2)(c2ccccc2)c2cccs2)cc1. The Morgan fingerprint density at radius 1 is 0.458 bits per heavy atom. The zero-order valence-electron chi connectivity index (χ0n) is 13.2. The molecule has 3 aromatic carbocycles. The van der Waals surface area contributed by atoms with E-state index in [-0.39, 0.29) is 0 Å². The van der Waals surface area contributed by atoms with Gasteiger partial charge in [0.15, 0.2) is 11.9 Å². The Labute approximate surface area is 147 Å². The van der Waals surface area contributed by atoms with Crippen molar-refractivity contribution in [3.63, 3.8) is 0 Å². The van der Waals surface area contributed by atoms with E-state index in [1.807, 2.05) is 11.3 Å². The predicted molar refractivity (Wildman–Crippen MR) is 109 cm³/mol. The summed E-state index contributed by atoms with van der Waals surface area (Å²) in [6.07, 6.45) is 0. The Kier molecular flexibility index (Phi) is 4.30. The average molecular weight is 345 g/mol. The summed E-state index contributed by atoms with van der Waals surface area (Å²) in [4.78, 5) is 0. The van der Waals surface area contributed by atoms with Crippen LogP contribution in [0.2, 0.25) is 0 Å². The standard InChI is InChI=1S/C22H18PS/c1-4-11-19(12-5-1)23(22-17-10-18-24-22,20-13-6-2-7-14-20)21-15-8-3-9-16-21/h1-18H/q+1. The van der Waals surface area contributed by atoms with Gasteiger partial charge >= 0.3 is 0 Å². The molecule has 24 heavy (non-hydrogen) atoms. The summed E-state index contributed by atoms with van der Waals surface area (Å²) in [6, 6.07) is 37.4. The molecule has 0 nitrogen and oxygen atoms in total. The summed E-state index contributed by atoms with van der Waals surface area (Å²) in [5, 5.41) is 6.42. The molecule has 0 saturated heterocycles. The smallest absolute Gasteiger partial charge is 0.106 e. The van der Waals surface area contributed by atoms with E-state index in [1.54, 1.807) is 0 Å². The Bertz CT molecular complexity index is 788. The van der Waals surface area contributed by atoms with Crippen molar-refractivity contribution in [2.45, 2.75) is 0 Å². The van der Waals surface area contributed by atoms with Crippen LogP contribution in [0, 0.1) is 0 Å². The molecular formula is C22H18PS+. The molecule has 0 N–H and O–H groups in total. The molecule has 0 aliphatic rings. The normalized spacial score (nSPS) is 11.3. The minimum atomic E-state index is -1.84. The van der Waals surface area contributed by atoms with Crippen molar-refractivity contribution >= 4 is 39.1 Å². The van der Waals surface area contributed by atoms with E-state index in [0.717, 1.165) is 0 Å². The number of hydrogen-bond donors (Lipinski definition) is 0. The molecule has 0 radical (unpaired) electrons. The molecule has 0 atom stereocenters. The van der Waals surface area contributed by atoms with Crippen LogP contribution < -0.4 is 20.5 Å². The first-order valence-corrected chi connectivity index (χ1v) is 10.7. The third-order valence-corrected chi connectivity index (χ3v) is 10.1. The van der Waals surface area contributed by atoms with Gasteiger partial charge in [0.25, 0.3) is 0 Å². The molecule has 1 aromatic heterocycles. The van der Waals surface area contributed by atoms with Crippen molar-refractivity contribution in [1.82, 2.24) is 0 Å². The van der Waals surface area contributed by atoms with Gasteiger partial charge in [-0.1, -0.05) is 54.6 Å². The largest absolute Gasteiger partial charge is 0.162 e. The van der Waals surface area contributed by atoms with Crippen LogP contribution in [0.15, 0.2) is 109 Å². The second-order valence-corrected chi connectivity index (χ2v) is 10.3. The van der Waals surface area contributed by atoms with E-state index >= 15 is 0 Å². The summed E-state index contributed by atoms with van der Waals surface area (Å²) in [7, 11) is -1.84. The van der Waals surface area contributed by atoms with E-state index in [1.165, 1.54) is 20.5 Å². The van der Waals surface area contributed by atoms with Crippen molar-refractivity contribution in [2.24, 2.45) is 0 Å². The summed E-state index contributed by atoms with van der Waals surface area (Å²) >= 11 is 1.86. The summed E-state index contributed by atoms with van der Waals surface area (Å²) in [5.41, 5.74) is 0. The molecule has 0 aliphatic heterocycles. The lowest BCUT2D eigenvalue weighted by Crippen LogP contribution is -2.37. The highest BCUT2D eigenvalue weighted by Crippen LogP contribution is 2.55. The third-order valence-electron chi connectivity index (χ3n) is 4.27. The highest BCUT2D eigenvalue weighted by atomic mass is 32.1. The summed E-state index contributed by atoms with van der Waals surface area (Å²) in [6.45, 7) is 0. The molecule has 0 saturated carbocycles. The second-order valence-electron chi connectivity index (χ2n) is 5.63. The van der Waals surface area contributed by atoms with Gasteiger partial charge in [-0.05, 0) is 53.9 Å². The van der Waals surface area contributed by atoms with Crippen LogP contribution in [0.1, 0.15) is 0 Å². The first-order valence-electron chi connectivity index (χ1n) is 8.02. The number of thiophene rings is 1. The van der Waals surface area contributed by atoms with E-state index in [0.29, 0.717) is 0 Å². The zero-order valence-corrected chi connectivity index (χ0v) is 15.0. The molecule has 0 aliphatic carbocycles. The van der Waals surface area contributed by atoms with Gasteiger partial charge in [0, 0.05) is 0 Å². The van der Waals surface area contributed by atoms with Crippen LogP contribution >= 0.6 is 18.6 Å². The van der Waals surface area contributed by atoms with Gasteiger partial charge in [-0.3, -0.25) is 0 Å². The van der Waals surface area contributed by atoms with Gasteiger partial charge in [-0.15, -0.1) is 11.3 Å². The molecule has 0 amide bonds. The van der Waals surface area contributed by atoms with Crippen molar-refractivity contribution in [3.8, 4) is 0 Å². The van der Waals surface area contributed by atoms with Crippen LogP contribution in [0.25, 0.3) is 0 Å². The van der Waals surface area contributed by atoms with Crippen molar-refractivity contribution in [3.05, 3.63) is 109 Å². The summed E-state index contributed by atoms with van der Waals surface area (Å²) < 4.78 is 1.45. The molecular weight excluding hydrogens is 327 g/mol. The Balaban J connectivity index is 2.12. The maximum absolute atomic E-state index is 2.30. The van der Waals surface area contributed by atoms with Crippen molar-refractivity contribution < 1.29 is 0 Å². The second kappa shape index (κ2) is 6.73. The lowest BCUT2D eigenvalue weighted by atomic mass is 10.4. The maximum atomic E-state index is 2.30. The van der Waals surface area contributed by atoms with Crippen molar-refractivity contribution in [2.75, 3.05) is 0 Å². The average Bonchev–Trinajstić information content (AvgIpc) is 3.20. The van der Waals surface area contributed by atoms with Gasteiger partial charge in [0.2, 0.25) is 0 Å². The zero-order chi connectivity index (χ0) is 16.2. The molecule has 1 heterocycles. The number of rotatable bonds is 4. The maximum Gasteiger partial charge on any atom is 0.162 e. The molecule has 116 valence electrons. The van der Waals surface area contributed by atoms with Crippen LogP contribution in [0.4, 0.5) is 0 Å². The van der Waals surface area contributed by atoms with Crippen LogP contribution in [0.5, 0.6) is 0 Å². The first kappa shape index (κ1) is 15.3.